The maximum Gasteiger partial charge on any atom is 0.138 e. The van der Waals surface area contributed by atoms with Gasteiger partial charge in [0.25, 0.3) is 0 Å². The highest BCUT2D eigenvalue weighted by molar-refractivity contribution is 7.18. The van der Waals surface area contributed by atoms with Crippen molar-refractivity contribution >= 4 is 27.4 Å². The Morgan fingerprint density at radius 2 is 2.14 bits per heavy atom. The van der Waals surface area contributed by atoms with Gasteiger partial charge in [-0.15, -0.1) is 11.3 Å². The minimum Gasteiger partial charge on any atom is -0.369 e. The van der Waals surface area contributed by atoms with Crippen LogP contribution < -0.4 is 5.32 Å². The first-order valence-corrected chi connectivity index (χ1v) is 7.98. The second-order valence-electron chi connectivity index (χ2n) is 4.99. The summed E-state index contributed by atoms with van der Waals surface area (Å²) in [6.45, 7) is 5.18. The van der Waals surface area contributed by atoms with Crippen molar-refractivity contribution < 1.29 is 0 Å². The van der Waals surface area contributed by atoms with Crippen LogP contribution in [-0.4, -0.2) is 21.5 Å². The lowest BCUT2D eigenvalue weighted by Gasteiger charge is -2.07. The minimum absolute atomic E-state index is 0.661. The highest BCUT2D eigenvalue weighted by Gasteiger charge is 2.11. The van der Waals surface area contributed by atoms with Crippen LogP contribution in [0, 0.1) is 6.92 Å². The van der Waals surface area contributed by atoms with E-state index in [1.54, 1.807) is 17.5 Å². The average Bonchev–Trinajstić information content (AvgIpc) is 2.86. The SMILES string of the molecule is CCCNc1nc(Cc2ccccn2)nc2sc(C)cc12. The van der Waals surface area contributed by atoms with Crippen LogP contribution >= 0.6 is 11.3 Å². The lowest BCUT2D eigenvalue weighted by molar-refractivity contribution is 0.933. The Morgan fingerprint density at radius 3 is 2.90 bits per heavy atom. The largest absolute Gasteiger partial charge is 0.369 e. The third kappa shape index (κ3) is 3.19. The predicted octanol–water partition coefficient (Wildman–Crippen LogP) is 3.81. The van der Waals surface area contributed by atoms with Gasteiger partial charge < -0.3 is 5.32 Å². The van der Waals surface area contributed by atoms with E-state index in [-0.39, 0.29) is 0 Å². The number of nitrogens with one attached hydrogen (secondary N) is 1. The molecule has 21 heavy (non-hydrogen) atoms. The van der Waals surface area contributed by atoms with Gasteiger partial charge in [-0.25, -0.2) is 9.97 Å². The normalized spacial score (nSPS) is 11.0. The van der Waals surface area contributed by atoms with E-state index in [1.807, 2.05) is 18.2 Å². The summed E-state index contributed by atoms with van der Waals surface area (Å²) in [5, 5.41) is 4.53. The molecule has 3 rings (SSSR count). The molecule has 0 aromatic carbocycles. The van der Waals surface area contributed by atoms with Gasteiger partial charge in [0.15, 0.2) is 0 Å². The fraction of sp³-hybridized carbons (Fsp3) is 0.312. The number of aryl methyl sites for hydroxylation is 1. The Bertz CT molecular complexity index is 737. The Hall–Kier alpha value is -2.01. The van der Waals surface area contributed by atoms with Gasteiger partial charge in [0.05, 0.1) is 11.8 Å². The Labute approximate surface area is 128 Å². The third-order valence-corrected chi connectivity index (χ3v) is 4.11. The van der Waals surface area contributed by atoms with Crippen LogP contribution in [0.1, 0.15) is 29.7 Å². The Balaban J connectivity index is 1.98. The van der Waals surface area contributed by atoms with Crippen LogP contribution in [0.3, 0.4) is 0 Å². The molecule has 0 aliphatic carbocycles. The van der Waals surface area contributed by atoms with Gasteiger partial charge in [-0.05, 0) is 31.5 Å². The summed E-state index contributed by atoms with van der Waals surface area (Å²) in [5.41, 5.74) is 0.992. The zero-order valence-corrected chi connectivity index (χ0v) is 13.1. The van der Waals surface area contributed by atoms with Crippen LogP contribution in [0.2, 0.25) is 0 Å². The molecular formula is C16H18N4S. The quantitative estimate of drug-likeness (QED) is 0.778. The number of fused-ring (bicyclic) bond motifs is 1. The van der Waals surface area contributed by atoms with Gasteiger partial charge in [-0.3, -0.25) is 4.98 Å². The molecule has 0 atom stereocenters. The molecule has 3 heterocycles. The second-order valence-corrected chi connectivity index (χ2v) is 6.22. The smallest absolute Gasteiger partial charge is 0.138 e. The molecule has 0 saturated carbocycles. The topological polar surface area (TPSA) is 50.7 Å². The van der Waals surface area contributed by atoms with E-state index >= 15 is 0 Å². The number of hydrogen-bond acceptors (Lipinski definition) is 5. The highest BCUT2D eigenvalue weighted by atomic mass is 32.1. The van der Waals surface area contributed by atoms with Crippen molar-refractivity contribution in [2.75, 3.05) is 11.9 Å². The van der Waals surface area contributed by atoms with E-state index in [0.717, 1.165) is 40.5 Å². The molecule has 0 spiro atoms. The molecule has 1 N–H and O–H groups in total. The fourth-order valence-corrected chi connectivity index (χ4v) is 3.11. The molecule has 108 valence electrons. The van der Waals surface area contributed by atoms with Crippen molar-refractivity contribution in [3.63, 3.8) is 0 Å². The van der Waals surface area contributed by atoms with Crippen LogP contribution in [-0.2, 0) is 6.42 Å². The Morgan fingerprint density at radius 1 is 1.24 bits per heavy atom. The molecule has 4 nitrogen and oxygen atoms in total. The van der Waals surface area contributed by atoms with Gasteiger partial charge in [-0.1, -0.05) is 13.0 Å². The van der Waals surface area contributed by atoms with Crippen molar-refractivity contribution in [2.24, 2.45) is 0 Å². The first-order chi connectivity index (χ1) is 10.3. The molecular weight excluding hydrogens is 280 g/mol. The number of hydrogen-bond donors (Lipinski definition) is 1. The molecule has 0 radical (unpaired) electrons. The maximum absolute atomic E-state index is 4.69. The summed E-state index contributed by atoms with van der Waals surface area (Å²) in [5.74, 6) is 1.76. The molecule has 3 aromatic rings. The lowest BCUT2D eigenvalue weighted by Crippen LogP contribution is -2.06. The van der Waals surface area contributed by atoms with Crippen LogP contribution in [0.15, 0.2) is 30.5 Å². The summed E-state index contributed by atoms with van der Waals surface area (Å²) in [4.78, 5) is 16.0. The standard InChI is InChI=1S/C16H18N4S/c1-3-7-18-15-13-9-11(2)21-16(13)20-14(19-15)10-12-6-4-5-8-17-12/h4-6,8-9H,3,7,10H2,1-2H3,(H,18,19,20). The van der Waals surface area contributed by atoms with Crippen molar-refractivity contribution in [1.29, 1.82) is 0 Å². The van der Waals surface area contributed by atoms with Crippen molar-refractivity contribution in [3.05, 3.63) is 46.9 Å². The van der Waals surface area contributed by atoms with E-state index < -0.39 is 0 Å². The molecule has 5 heteroatoms. The van der Waals surface area contributed by atoms with Crippen molar-refractivity contribution in [1.82, 2.24) is 15.0 Å². The molecule has 0 bridgehead atoms. The maximum atomic E-state index is 4.69. The van der Waals surface area contributed by atoms with Crippen molar-refractivity contribution in [3.8, 4) is 0 Å². The number of anilines is 1. The zero-order chi connectivity index (χ0) is 14.7. The molecule has 0 saturated heterocycles. The number of rotatable bonds is 5. The van der Waals surface area contributed by atoms with Gasteiger partial charge >= 0.3 is 0 Å². The molecule has 0 aliphatic heterocycles. The molecule has 0 aliphatic rings. The van der Waals surface area contributed by atoms with Gasteiger partial charge in [0.2, 0.25) is 0 Å². The summed E-state index contributed by atoms with van der Waals surface area (Å²) in [7, 11) is 0. The van der Waals surface area contributed by atoms with E-state index in [9.17, 15) is 0 Å². The molecule has 3 aromatic heterocycles. The predicted molar refractivity (Wildman–Crippen MR) is 88.0 cm³/mol. The van der Waals surface area contributed by atoms with Gasteiger partial charge in [0.1, 0.15) is 16.5 Å². The zero-order valence-electron chi connectivity index (χ0n) is 12.3. The fourth-order valence-electron chi connectivity index (χ4n) is 2.21. The van der Waals surface area contributed by atoms with E-state index in [1.165, 1.54) is 4.88 Å². The number of pyridine rings is 1. The number of aromatic nitrogens is 3. The molecule has 0 amide bonds. The Kier molecular flexibility index (Phi) is 4.10. The highest BCUT2D eigenvalue weighted by Crippen LogP contribution is 2.28. The van der Waals surface area contributed by atoms with E-state index in [2.05, 4.69) is 35.2 Å². The van der Waals surface area contributed by atoms with Crippen molar-refractivity contribution in [2.45, 2.75) is 26.7 Å². The first kappa shape index (κ1) is 13.9. The summed E-state index contributed by atoms with van der Waals surface area (Å²) in [6.07, 6.45) is 3.54. The van der Waals surface area contributed by atoms with Crippen LogP contribution in [0.5, 0.6) is 0 Å². The number of nitrogens with zero attached hydrogens (tertiary/aromatic N) is 3. The van der Waals surface area contributed by atoms with Gasteiger partial charge in [0, 0.05) is 23.3 Å². The minimum atomic E-state index is 0.661. The van der Waals surface area contributed by atoms with E-state index in [0.29, 0.717) is 6.42 Å². The summed E-state index contributed by atoms with van der Waals surface area (Å²) < 4.78 is 0. The molecule has 0 unspecified atom stereocenters. The van der Waals surface area contributed by atoms with Crippen LogP contribution in [0.4, 0.5) is 5.82 Å². The summed E-state index contributed by atoms with van der Waals surface area (Å²) >= 11 is 1.71. The van der Waals surface area contributed by atoms with Gasteiger partial charge in [-0.2, -0.15) is 0 Å². The molecule has 0 fully saturated rings. The average molecular weight is 298 g/mol. The third-order valence-electron chi connectivity index (χ3n) is 3.17. The van der Waals surface area contributed by atoms with Crippen LogP contribution in [0.25, 0.3) is 10.2 Å². The van der Waals surface area contributed by atoms with E-state index in [4.69, 9.17) is 4.98 Å². The first-order valence-electron chi connectivity index (χ1n) is 7.17. The second kappa shape index (κ2) is 6.18. The number of thiophene rings is 1. The monoisotopic (exact) mass is 298 g/mol. The summed E-state index contributed by atoms with van der Waals surface area (Å²) in [6, 6.07) is 8.08. The lowest BCUT2D eigenvalue weighted by atomic mass is 10.2.